The smallest absolute Gasteiger partial charge is 0.412 e. The Morgan fingerprint density at radius 2 is 2.04 bits per heavy atom. The first-order chi connectivity index (χ1) is 11.5. The highest BCUT2D eigenvalue weighted by atomic mass is 16.6. The van der Waals surface area contributed by atoms with Crippen LogP contribution in [0.5, 0.6) is 0 Å². The molecule has 2 N–H and O–H groups in total. The van der Waals surface area contributed by atoms with Gasteiger partial charge in [-0.1, -0.05) is 0 Å². The molecule has 0 aromatic carbocycles. The molecule has 0 spiro atoms. The van der Waals surface area contributed by atoms with Crippen molar-refractivity contribution in [1.29, 1.82) is 0 Å². The van der Waals surface area contributed by atoms with Crippen LogP contribution in [-0.2, 0) is 9.47 Å². The van der Waals surface area contributed by atoms with Crippen molar-refractivity contribution in [3.8, 4) is 0 Å². The number of carbonyl (C=O) groups is 2. The van der Waals surface area contributed by atoms with Crippen LogP contribution in [0.25, 0.3) is 0 Å². The predicted octanol–water partition coefficient (Wildman–Crippen LogP) is 3.12. The highest BCUT2D eigenvalue weighted by molar-refractivity contribution is 5.93. The van der Waals surface area contributed by atoms with Gasteiger partial charge in [-0.3, -0.25) is 10.1 Å². The van der Waals surface area contributed by atoms with E-state index in [1.165, 1.54) is 6.20 Å². The average Bonchev–Trinajstić information content (AvgIpc) is 2.44. The number of amides is 2. The Morgan fingerprint density at radius 3 is 2.60 bits per heavy atom. The second kappa shape index (κ2) is 7.39. The Hall–Kier alpha value is -2.15. The Balaban J connectivity index is 1.91. The second-order valence-corrected chi connectivity index (χ2v) is 7.83. The fraction of sp³-hybridized carbons (Fsp3) is 0.611. The summed E-state index contributed by atoms with van der Waals surface area (Å²) < 4.78 is 10.8. The number of anilines is 1. The lowest BCUT2D eigenvalue weighted by Crippen LogP contribution is -2.45. The van der Waals surface area contributed by atoms with Crippen LogP contribution < -0.4 is 10.6 Å². The summed E-state index contributed by atoms with van der Waals surface area (Å²) >= 11 is 0. The molecule has 1 aliphatic rings. The Labute approximate surface area is 148 Å². The van der Waals surface area contributed by atoms with Gasteiger partial charge in [0.1, 0.15) is 11.3 Å². The van der Waals surface area contributed by atoms with Gasteiger partial charge in [0.05, 0.1) is 17.5 Å². The van der Waals surface area contributed by atoms with Crippen molar-refractivity contribution in [3.05, 3.63) is 24.0 Å². The highest BCUT2D eigenvalue weighted by Gasteiger charge is 2.30. The van der Waals surface area contributed by atoms with Crippen molar-refractivity contribution < 1.29 is 19.1 Å². The molecule has 2 amide bonds. The van der Waals surface area contributed by atoms with Crippen molar-refractivity contribution in [2.75, 3.05) is 11.9 Å². The standard InChI is InChI=1S/C18H27N3O4/c1-17(2,3)25-16(23)21-13-6-7-14(19-11-13)15(22)20-12-8-9-24-18(4,5)10-12/h6-7,11-12H,8-10H2,1-5H3,(H,20,22)(H,21,23). The summed E-state index contributed by atoms with van der Waals surface area (Å²) in [6.07, 6.45) is 2.42. The van der Waals surface area contributed by atoms with Gasteiger partial charge in [-0.2, -0.15) is 0 Å². The summed E-state index contributed by atoms with van der Waals surface area (Å²) in [6.45, 7) is 10.0. The van der Waals surface area contributed by atoms with Crippen LogP contribution in [0.4, 0.5) is 10.5 Å². The first-order valence-corrected chi connectivity index (χ1v) is 8.45. The van der Waals surface area contributed by atoms with Crippen molar-refractivity contribution >= 4 is 17.7 Å². The fourth-order valence-corrected chi connectivity index (χ4v) is 2.64. The number of hydrogen-bond donors (Lipinski definition) is 2. The lowest BCUT2D eigenvalue weighted by atomic mass is 9.94. The minimum Gasteiger partial charge on any atom is -0.444 e. The third-order valence-corrected chi connectivity index (χ3v) is 3.67. The number of hydrogen-bond acceptors (Lipinski definition) is 5. The summed E-state index contributed by atoms with van der Waals surface area (Å²) in [6, 6.07) is 3.27. The Kier molecular flexibility index (Phi) is 5.67. The number of ether oxygens (including phenoxy) is 2. The van der Waals surface area contributed by atoms with E-state index in [4.69, 9.17) is 9.47 Å². The molecule has 1 aromatic rings. The number of pyridine rings is 1. The zero-order chi connectivity index (χ0) is 18.7. The average molecular weight is 349 g/mol. The van der Waals surface area contributed by atoms with Gasteiger partial charge in [0.2, 0.25) is 0 Å². The minimum atomic E-state index is -0.575. The first-order valence-electron chi connectivity index (χ1n) is 8.45. The van der Waals surface area contributed by atoms with Gasteiger partial charge in [-0.15, -0.1) is 0 Å². The third kappa shape index (κ3) is 6.34. The lowest BCUT2D eigenvalue weighted by Gasteiger charge is -2.35. The van der Waals surface area contributed by atoms with Gasteiger partial charge >= 0.3 is 6.09 Å². The van der Waals surface area contributed by atoms with Crippen molar-refractivity contribution in [3.63, 3.8) is 0 Å². The molecule has 2 rings (SSSR count). The molecular formula is C18H27N3O4. The van der Waals surface area contributed by atoms with Gasteiger partial charge < -0.3 is 14.8 Å². The molecule has 7 heteroatoms. The van der Waals surface area contributed by atoms with Crippen molar-refractivity contribution in [2.45, 2.75) is 64.7 Å². The molecule has 1 atom stereocenters. The molecule has 2 heterocycles. The normalized spacial score (nSPS) is 19.8. The van der Waals surface area contributed by atoms with Crippen LogP contribution in [0.2, 0.25) is 0 Å². The quantitative estimate of drug-likeness (QED) is 0.875. The van der Waals surface area contributed by atoms with E-state index in [2.05, 4.69) is 15.6 Å². The van der Waals surface area contributed by atoms with E-state index >= 15 is 0 Å². The fourth-order valence-electron chi connectivity index (χ4n) is 2.64. The van der Waals surface area contributed by atoms with Gasteiger partial charge in [-0.25, -0.2) is 9.78 Å². The SMILES string of the molecule is CC(C)(C)OC(=O)Nc1ccc(C(=O)NC2CCOC(C)(C)C2)nc1. The van der Waals surface area contributed by atoms with Crippen LogP contribution in [0, 0.1) is 0 Å². The zero-order valence-corrected chi connectivity index (χ0v) is 15.5. The van der Waals surface area contributed by atoms with Crippen molar-refractivity contribution in [1.82, 2.24) is 10.3 Å². The molecule has 1 aromatic heterocycles. The molecule has 0 aliphatic carbocycles. The largest absolute Gasteiger partial charge is 0.444 e. The molecule has 1 aliphatic heterocycles. The number of aromatic nitrogens is 1. The van der Waals surface area contributed by atoms with E-state index in [-0.39, 0.29) is 17.6 Å². The van der Waals surface area contributed by atoms with E-state index in [1.54, 1.807) is 32.9 Å². The topological polar surface area (TPSA) is 89.5 Å². The number of carbonyl (C=O) groups excluding carboxylic acids is 2. The third-order valence-electron chi connectivity index (χ3n) is 3.67. The number of nitrogens with zero attached hydrogens (tertiary/aromatic N) is 1. The summed E-state index contributed by atoms with van der Waals surface area (Å²) in [7, 11) is 0. The van der Waals surface area contributed by atoms with Gasteiger partial charge in [0.25, 0.3) is 5.91 Å². The summed E-state index contributed by atoms with van der Waals surface area (Å²) in [5.41, 5.74) is -0.0309. The highest BCUT2D eigenvalue weighted by Crippen LogP contribution is 2.24. The molecule has 0 radical (unpaired) electrons. The molecule has 0 saturated carbocycles. The zero-order valence-electron chi connectivity index (χ0n) is 15.5. The van der Waals surface area contributed by atoms with Gasteiger partial charge in [0, 0.05) is 12.6 Å². The lowest BCUT2D eigenvalue weighted by molar-refractivity contribution is -0.0615. The van der Waals surface area contributed by atoms with Crippen LogP contribution in [0.15, 0.2) is 18.3 Å². The van der Waals surface area contributed by atoms with Gasteiger partial charge in [0.15, 0.2) is 0 Å². The number of rotatable bonds is 3. The monoisotopic (exact) mass is 349 g/mol. The van der Waals surface area contributed by atoms with E-state index < -0.39 is 11.7 Å². The molecule has 1 saturated heterocycles. The predicted molar refractivity (Wildman–Crippen MR) is 94.6 cm³/mol. The molecule has 0 bridgehead atoms. The summed E-state index contributed by atoms with van der Waals surface area (Å²) in [5.74, 6) is -0.230. The van der Waals surface area contributed by atoms with Crippen LogP contribution in [0.1, 0.15) is 57.9 Å². The maximum Gasteiger partial charge on any atom is 0.412 e. The van der Waals surface area contributed by atoms with E-state index in [1.807, 2.05) is 13.8 Å². The van der Waals surface area contributed by atoms with E-state index in [0.717, 1.165) is 12.8 Å². The molecule has 25 heavy (non-hydrogen) atoms. The molecule has 7 nitrogen and oxygen atoms in total. The molecular weight excluding hydrogens is 322 g/mol. The first kappa shape index (κ1) is 19.2. The Bertz CT molecular complexity index is 620. The summed E-state index contributed by atoms with van der Waals surface area (Å²) in [5, 5.41) is 5.57. The Morgan fingerprint density at radius 1 is 1.32 bits per heavy atom. The van der Waals surface area contributed by atoms with E-state index in [9.17, 15) is 9.59 Å². The molecule has 1 unspecified atom stereocenters. The molecule has 138 valence electrons. The number of nitrogens with one attached hydrogen (secondary N) is 2. The maximum atomic E-state index is 12.3. The van der Waals surface area contributed by atoms with Crippen molar-refractivity contribution in [2.24, 2.45) is 0 Å². The second-order valence-electron chi connectivity index (χ2n) is 7.83. The molecule has 1 fully saturated rings. The van der Waals surface area contributed by atoms with Crippen LogP contribution in [-0.4, -0.2) is 40.8 Å². The van der Waals surface area contributed by atoms with Gasteiger partial charge in [-0.05, 0) is 59.6 Å². The van der Waals surface area contributed by atoms with E-state index in [0.29, 0.717) is 18.0 Å². The minimum absolute atomic E-state index is 0.0672. The maximum absolute atomic E-state index is 12.3. The summed E-state index contributed by atoms with van der Waals surface area (Å²) in [4.78, 5) is 28.2. The van der Waals surface area contributed by atoms with Crippen LogP contribution >= 0.6 is 0 Å². The van der Waals surface area contributed by atoms with Crippen LogP contribution in [0.3, 0.4) is 0 Å².